The van der Waals surface area contributed by atoms with Gasteiger partial charge < -0.3 is 18.6 Å². The van der Waals surface area contributed by atoms with Gasteiger partial charge in [-0.15, -0.1) is 0 Å². The number of benzene rings is 1. The van der Waals surface area contributed by atoms with Crippen molar-refractivity contribution in [1.29, 1.82) is 0 Å². The van der Waals surface area contributed by atoms with E-state index in [2.05, 4.69) is 27.7 Å². The van der Waals surface area contributed by atoms with E-state index in [1.165, 1.54) is 0 Å². The molecule has 0 bridgehead atoms. The second kappa shape index (κ2) is 6.00. The summed E-state index contributed by atoms with van der Waals surface area (Å²) in [6.07, 6.45) is 0. The summed E-state index contributed by atoms with van der Waals surface area (Å²) in [5, 5.41) is 0. The van der Waals surface area contributed by atoms with Gasteiger partial charge >= 0.3 is 14.2 Å². The monoisotopic (exact) mass is 302 g/mol. The SMILES string of the molecule is CC1(C)COB(c2ccccc2B2OCC(C)(C)CO2)OC1. The summed E-state index contributed by atoms with van der Waals surface area (Å²) in [5.74, 6) is 0. The maximum atomic E-state index is 5.92. The zero-order valence-electron chi connectivity index (χ0n) is 13.9. The van der Waals surface area contributed by atoms with Crippen LogP contribution in [0.1, 0.15) is 27.7 Å². The molecule has 0 atom stereocenters. The molecule has 2 aliphatic rings. The molecule has 0 amide bonds. The first-order valence-electron chi connectivity index (χ1n) is 7.92. The van der Waals surface area contributed by atoms with Crippen LogP contribution in [0.4, 0.5) is 0 Å². The van der Waals surface area contributed by atoms with Crippen molar-refractivity contribution in [2.45, 2.75) is 27.7 Å². The van der Waals surface area contributed by atoms with E-state index in [0.29, 0.717) is 26.4 Å². The van der Waals surface area contributed by atoms with Crippen LogP contribution in [0.15, 0.2) is 24.3 Å². The molecule has 1 aromatic rings. The molecule has 22 heavy (non-hydrogen) atoms. The van der Waals surface area contributed by atoms with Crippen LogP contribution in [-0.4, -0.2) is 40.7 Å². The van der Waals surface area contributed by atoms with Crippen LogP contribution in [0.5, 0.6) is 0 Å². The van der Waals surface area contributed by atoms with E-state index in [1.807, 2.05) is 24.3 Å². The van der Waals surface area contributed by atoms with Crippen molar-refractivity contribution in [2.24, 2.45) is 10.8 Å². The van der Waals surface area contributed by atoms with Gasteiger partial charge in [0.05, 0.1) is 0 Å². The second-order valence-electron chi connectivity index (χ2n) is 7.87. The largest absolute Gasteiger partial charge is 0.493 e. The van der Waals surface area contributed by atoms with Crippen molar-refractivity contribution in [3.8, 4) is 0 Å². The molecule has 0 radical (unpaired) electrons. The minimum atomic E-state index is -0.341. The van der Waals surface area contributed by atoms with E-state index in [-0.39, 0.29) is 25.1 Å². The lowest BCUT2D eigenvalue weighted by Gasteiger charge is -2.36. The van der Waals surface area contributed by atoms with Crippen LogP contribution in [0, 0.1) is 10.8 Å². The lowest BCUT2D eigenvalue weighted by atomic mass is 9.63. The molecule has 2 heterocycles. The summed E-state index contributed by atoms with van der Waals surface area (Å²) in [7, 11) is -0.683. The second-order valence-corrected chi connectivity index (χ2v) is 7.87. The first-order valence-corrected chi connectivity index (χ1v) is 7.92. The standard InChI is InChI=1S/C16H24B2O4/c1-15(2)9-19-17(20-10-15)13-7-5-6-8-14(13)18-21-11-16(3,4)12-22-18/h5-8H,9-12H2,1-4H3. The third-order valence-corrected chi connectivity index (χ3v) is 4.01. The van der Waals surface area contributed by atoms with Crippen LogP contribution in [0.3, 0.4) is 0 Å². The molecule has 0 aliphatic carbocycles. The van der Waals surface area contributed by atoms with E-state index in [0.717, 1.165) is 10.9 Å². The van der Waals surface area contributed by atoms with E-state index in [1.54, 1.807) is 0 Å². The summed E-state index contributed by atoms with van der Waals surface area (Å²) >= 11 is 0. The molecular weight excluding hydrogens is 278 g/mol. The highest BCUT2D eigenvalue weighted by Gasteiger charge is 2.39. The zero-order chi connectivity index (χ0) is 15.8. The predicted octanol–water partition coefficient (Wildman–Crippen LogP) is 1.22. The minimum Gasteiger partial charge on any atom is -0.407 e. The first-order chi connectivity index (χ1) is 10.4. The molecule has 2 aliphatic heterocycles. The molecule has 0 saturated carbocycles. The molecule has 1 aromatic carbocycles. The molecule has 2 saturated heterocycles. The van der Waals surface area contributed by atoms with Crippen LogP contribution in [0.25, 0.3) is 0 Å². The fraction of sp³-hybridized carbons (Fsp3) is 0.625. The molecular formula is C16H24B2O4. The van der Waals surface area contributed by atoms with Crippen LogP contribution in [-0.2, 0) is 18.6 Å². The van der Waals surface area contributed by atoms with Gasteiger partial charge in [0, 0.05) is 37.3 Å². The Bertz CT molecular complexity index is 466. The minimum absolute atomic E-state index is 0.0628. The van der Waals surface area contributed by atoms with Crippen molar-refractivity contribution in [3.05, 3.63) is 24.3 Å². The highest BCUT2D eigenvalue weighted by Crippen LogP contribution is 2.23. The highest BCUT2D eigenvalue weighted by atomic mass is 16.6. The maximum absolute atomic E-state index is 5.92. The molecule has 3 rings (SSSR count). The maximum Gasteiger partial charge on any atom is 0.493 e. The van der Waals surface area contributed by atoms with Gasteiger partial charge in [-0.05, 0) is 10.9 Å². The van der Waals surface area contributed by atoms with Gasteiger partial charge in [0.25, 0.3) is 0 Å². The number of rotatable bonds is 2. The van der Waals surface area contributed by atoms with E-state index >= 15 is 0 Å². The Morgan fingerprint density at radius 2 is 1.00 bits per heavy atom. The highest BCUT2D eigenvalue weighted by molar-refractivity contribution is 6.73. The molecule has 2 fully saturated rings. The van der Waals surface area contributed by atoms with Gasteiger partial charge in [-0.2, -0.15) is 0 Å². The van der Waals surface area contributed by atoms with Gasteiger partial charge in [0.2, 0.25) is 0 Å². The Balaban J connectivity index is 1.76. The quantitative estimate of drug-likeness (QED) is 0.770. The van der Waals surface area contributed by atoms with Crippen molar-refractivity contribution in [2.75, 3.05) is 26.4 Å². The number of hydrogen-bond donors (Lipinski definition) is 0. The topological polar surface area (TPSA) is 36.9 Å². The summed E-state index contributed by atoms with van der Waals surface area (Å²) < 4.78 is 23.7. The van der Waals surface area contributed by atoms with Crippen molar-refractivity contribution < 1.29 is 18.6 Å². The predicted molar refractivity (Wildman–Crippen MR) is 88.6 cm³/mol. The van der Waals surface area contributed by atoms with Crippen LogP contribution >= 0.6 is 0 Å². The zero-order valence-corrected chi connectivity index (χ0v) is 13.9. The molecule has 0 spiro atoms. The van der Waals surface area contributed by atoms with Gasteiger partial charge in [0.15, 0.2) is 0 Å². The summed E-state index contributed by atoms with van der Waals surface area (Å²) in [4.78, 5) is 0. The third kappa shape index (κ3) is 3.57. The molecule has 0 aromatic heterocycles. The van der Waals surface area contributed by atoms with Crippen LogP contribution in [0.2, 0.25) is 0 Å². The smallest absolute Gasteiger partial charge is 0.407 e. The van der Waals surface area contributed by atoms with Gasteiger partial charge in [-0.3, -0.25) is 0 Å². The lowest BCUT2D eigenvalue weighted by Crippen LogP contribution is -2.58. The van der Waals surface area contributed by atoms with Gasteiger partial charge in [0.1, 0.15) is 0 Å². The van der Waals surface area contributed by atoms with Crippen molar-refractivity contribution in [1.82, 2.24) is 0 Å². The average Bonchev–Trinajstić information content (AvgIpc) is 2.47. The summed E-state index contributed by atoms with van der Waals surface area (Å²) in [6.45, 7) is 11.3. The van der Waals surface area contributed by atoms with Crippen molar-refractivity contribution in [3.63, 3.8) is 0 Å². The Labute approximate surface area is 133 Å². The Morgan fingerprint density at radius 1 is 0.682 bits per heavy atom. The molecule has 0 N–H and O–H groups in total. The summed E-state index contributed by atoms with van der Waals surface area (Å²) in [6, 6.07) is 8.06. The molecule has 118 valence electrons. The molecule has 4 nitrogen and oxygen atoms in total. The van der Waals surface area contributed by atoms with E-state index in [4.69, 9.17) is 18.6 Å². The molecule has 6 heteroatoms. The van der Waals surface area contributed by atoms with Crippen LogP contribution < -0.4 is 10.9 Å². The van der Waals surface area contributed by atoms with E-state index in [9.17, 15) is 0 Å². The fourth-order valence-corrected chi connectivity index (χ4v) is 2.68. The Morgan fingerprint density at radius 3 is 1.32 bits per heavy atom. The lowest BCUT2D eigenvalue weighted by molar-refractivity contribution is 0.0323. The fourth-order valence-electron chi connectivity index (χ4n) is 2.68. The average molecular weight is 302 g/mol. The summed E-state index contributed by atoms with van der Waals surface area (Å²) in [5.41, 5.74) is 2.13. The third-order valence-electron chi connectivity index (χ3n) is 4.01. The Hall–Kier alpha value is -0.810. The number of hydrogen-bond acceptors (Lipinski definition) is 4. The van der Waals surface area contributed by atoms with Gasteiger partial charge in [-0.25, -0.2) is 0 Å². The normalized spacial score (nSPS) is 24.4. The van der Waals surface area contributed by atoms with Crippen molar-refractivity contribution >= 4 is 25.2 Å². The van der Waals surface area contributed by atoms with E-state index < -0.39 is 0 Å². The molecule has 0 unspecified atom stereocenters. The Kier molecular flexibility index (Phi) is 4.38. The van der Waals surface area contributed by atoms with Gasteiger partial charge in [-0.1, -0.05) is 52.0 Å². The first kappa shape index (κ1) is 16.1.